The standard InChI is InChI=1S/C63H78N12/c1-10-46-40-53-47-11-2-17-59(53)71-35-29-65-24-8-25-67-31-37-73-61-19-5-14-50-45-57-51(44-56(50)61)15-6-21-63(57)75-39-33-69-27-9-26-68-32-38-74-62-20-4-13-49-42-54-48(43-55(49)62)12-3-18-60(54)72-36-30-66-23-7-22-64-28-34-70-58(16-1)52(46)41-47/h1-6,10-21,40-45,64-75H,7-9,22-39H2. The van der Waals surface area contributed by atoms with Crippen LogP contribution in [0, 0.1) is 0 Å². The monoisotopic (exact) mass is 1000 g/mol. The van der Waals surface area contributed by atoms with Crippen molar-refractivity contribution in [3.05, 3.63) is 146 Å². The molecule has 390 valence electrons. The first-order chi connectivity index (χ1) is 37.2. The molecule has 12 nitrogen and oxygen atoms in total. The highest BCUT2D eigenvalue weighted by Crippen LogP contribution is 2.35. The van der Waals surface area contributed by atoms with Crippen molar-refractivity contribution in [1.82, 2.24) is 31.9 Å². The first-order valence-corrected chi connectivity index (χ1v) is 27.8. The molecule has 0 aromatic heterocycles. The van der Waals surface area contributed by atoms with Gasteiger partial charge in [-0.2, -0.15) is 0 Å². The lowest BCUT2D eigenvalue weighted by Crippen LogP contribution is -2.28. The number of hydrogen-bond donors (Lipinski definition) is 12. The molecule has 0 spiro atoms. The fourth-order valence-electron chi connectivity index (χ4n) is 10.6. The lowest BCUT2D eigenvalue weighted by Gasteiger charge is -2.14. The number of benzene rings is 9. The molecule has 0 aliphatic carbocycles. The van der Waals surface area contributed by atoms with Crippen LogP contribution in [0.1, 0.15) is 19.3 Å². The van der Waals surface area contributed by atoms with Crippen molar-refractivity contribution in [3.63, 3.8) is 0 Å². The van der Waals surface area contributed by atoms with E-state index in [0.29, 0.717) is 0 Å². The molecule has 0 amide bonds. The Morgan fingerprint density at radius 2 is 0.360 bits per heavy atom. The number of anilines is 6. The molecule has 0 radical (unpaired) electrons. The van der Waals surface area contributed by atoms with E-state index in [0.717, 1.165) is 137 Å². The van der Waals surface area contributed by atoms with E-state index in [1.807, 2.05) is 0 Å². The Morgan fingerprint density at radius 3 is 0.533 bits per heavy atom. The quantitative estimate of drug-likeness (QED) is 0.0658. The van der Waals surface area contributed by atoms with Gasteiger partial charge in [-0.3, -0.25) is 0 Å². The molecule has 18 bridgehead atoms. The maximum Gasteiger partial charge on any atom is 0.0420 e. The van der Waals surface area contributed by atoms with Gasteiger partial charge in [0, 0.05) is 145 Å². The molecule has 0 atom stereocenters. The molecule has 0 fully saturated rings. The van der Waals surface area contributed by atoms with Crippen LogP contribution in [-0.4, -0.2) is 118 Å². The van der Waals surface area contributed by atoms with Crippen LogP contribution in [0.4, 0.5) is 34.1 Å². The average molecular weight is 1000 g/mol. The fraction of sp³-hybridized carbons (Fsp3) is 0.333. The normalized spacial score (nSPS) is 16.8. The summed E-state index contributed by atoms with van der Waals surface area (Å²) in [6, 6.07) is 53.5. The maximum absolute atomic E-state index is 3.71. The zero-order valence-electron chi connectivity index (χ0n) is 43.7. The molecule has 0 saturated heterocycles. The minimum Gasteiger partial charge on any atom is -0.383 e. The van der Waals surface area contributed by atoms with Crippen LogP contribution in [0.2, 0.25) is 0 Å². The first-order valence-electron chi connectivity index (χ1n) is 27.8. The van der Waals surface area contributed by atoms with Gasteiger partial charge in [0.15, 0.2) is 0 Å². The predicted octanol–water partition coefficient (Wildman–Crippen LogP) is 10.2. The summed E-state index contributed by atoms with van der Waals surface area (Å²) in [5.41, 5.74) is 7.08. The van der Waals surface area contributed by atoms with Crippen molar-refractivity contribution in [1.29, 1.82) is 0 Å². The van der Waals surface area contributed by atoms with Crippen LogP contribution in [-0.2, 0) is 0 Å². The van der Waals surface area contributed by atoms with Gasteiger partial charge < -0.3 is 63.8 Å². The Morgan fingerprint density at radius 1 is 0.187 bits per heavy atom. The van der Waals surface area contributed by atoms with E-state index in [1.54, 1.807) is 0 Å². The molecule has 0 unspecified atom stereocenters. The second-order valence-corrected chi connectivity index (χ2v) is 19.8. The van der Waals surface area contributed by atoms with Crippen LogP contribution < -0.4 is 63.8 Å². The summed E-state index contributed by atoms with van der Waals surface area (Å²) in [4.78, 5) is 0. The topological polar surface area (TPSA) is 144 Å². The zero-order valence-corrected chi connectivity index (χ0v) is 43.7. The molecule has 0 saturated carbocycles. The van der Waals surface area contributed by atoms with Crippen molar-refractivity contribution in [2.24, 2.45) is 0 Å². The van der Waals surface area contributed by atoms with Crippen LogP contribution in [0.3, 0.4) is 0 Å². The van der Waals surface area contributed by atoms with Crippen molar-refractivity contribution in [3.8, 4) is 0 Å². The number of hydrogen-bond acceptors (Lipinski definition) is 12. The largest absolute Gasteiger partial charge is 0.383 e. The van der Waals surface area contributed by atoms with Gasteiger partial charge in [0.25, 0.3) is 0 Å². The van der Waals surface area contributed by atoms with E-state index in [4.69, 9.17) is 0 Å². The van der Waals surface area contributed by atoms with Crippen molar-refractivity contribution < 1.29 is 0 Å². The van der Waals surface area contributed by atoms with Crippen molar-refractivity contribution in [2.45, 2.75) is 19.3 Å². The fourth-order valence-corrected chi connectivity index (χ4v) is 10.6. The summed E-state index contributed by atoms with van der Waals surface area (Å²) >= 11 is 0. The minimum absolute atomic E-state index is 0.868. The third-order valence-corrected chi connectivity index (χ3v) is 14.5. The summed E-state index contributed by atoms with van der Waals surface area (Å²) in [7, 11) is 0. The highest BCUT2D eigenvalue weighted by atomic mass is 15.0. The summed E-state index contributed by atoms with van der Waals surface area (Å²) in [6.07, 6.45) is 3.24. The van der Waals surface area contributed by atoms with E-state index in [9.17, 15) is 0 Å². The molecule has 12 N–H and O–H groups in total. The first kappa shape index (κ1) is 51.6. The van der Waals surface area contributed by atoms with Crippen molar-refractivity contribution >= 4 is 98.8 Å². The second-order valence-electron chi connectivity index (χ2n) is 19.8. The Hall–Kier alpha value is -6.90. The minimum atomic E-state index is 0.868. The average Bonchev–Trinajstić information content (AvgIpc) is 3.44. The second kappa shape index (κ2) is 27.1. The highest BCUT2D eigenvalue weighted by molar-refractivity contribution is 6.10. The highest BCUT2D eigenvalue weighted by Gasteiger charge is 2.10. The molecule has 6 heterocycles. The van der Waals surface area contributed by atoms with Gasteiger partial charge in [-0.1, -0.05) is 72.8 Å². The van der Waals surface area contributed by atoms with Gasteiger partial charge in [0.1, 0.15) is 0 Å². The van der Waals surface area contributed by atoms with E-state index >= 15 is 0 Å². The Balaban J connectivity index is 0.734. The van der Waals surface area contributed by atoms with E-state index < -0.39 is 0 Å². The summed E-state index contributed by atoms with van der Waals surface area (Å²) in [5, 5.41) is 59.1. The number of rotatable bonds is 0. The van der Waals surface area contributed by atoms with Crippen molar-refractivity contribution in [2.75, 3.05) is 150 Å². The van der Waals surface area contributed by atoms with Gasteiger partial charge in [0.05, 0.1) is 0 Å². The van der Waals surface area contributed by atoms with E-state index in [-0.39, 0.29) is 0 Å². The van der Waals surface area contributed by atoms with Gasteiger partial charge in [-0.25, -0.2) is 0 Å². The van der Waals surface area contributed by atoms with E-state index in [1.165, 1.54) is 98.8 Å². The maximum atomic E-state index is 3.71. The lowest BCUT2D eigenvalue weighted by atomic mass is 10.0. The molecule has 9 aromatic rings. The van der Waals surface area contributed by atoms with E-state index in [2.05, 4.69) is 209 Å². The molecule has 75 heavy (non-hydrogen) atoms. The Bertz CT molecular complexity index is 2710. The molecule has 6 aliphatic rings. The molecule has 6 aliphatic heterocycles. The zero-order chi connectivity index (χ0) is 50.7. The third-order valence-electron chi connectivity index (χ3n) is 14.5. The van der Waals surface area contributed by atoms with Gasteiger partial charge in [0.2, 0.25) is 0 Å². The summed E-state index contributed by atoms with van der Waals surface area (Å²) in [5.74, 6) is 0. The lowest BCUT2D eigenvalue weighted by molar-refractivity contribution is 0.608. The SMILES string of the molecule is c1cc2c3cc4cccc(c4cc3c1)NCCNCCCNCCNc1cccc3cc4c(cccc4cc13)NCCNCCCNCCNc1cccc3cc4c(cccc4cc13)NCCNCCCNCCN2. The summed E-state index contributed by atoms with van der Waals surface area (Å²) < 4.78 is 0. The Labute approximate surface area is 443 Å². The summed E-state index contributed by atoms with van der Waals surface area (Å²) in [6.45, 7) is 16.6. The molecular weight excluding hydrogens is 925 g/mol. The van der Waals surface area contributed by atoms with Gasteiger partial charge in [-0.05, 0) is 164 Å². The van der Waals surface area contributed by atoms with Crippen LogP contribution >= 0.6 is 0 Å². The third kappa shape index (κ3) is 13.9. The van der Waals surface area contributed by atoms with Crippen LogP contribution in [0.25, 0.3) is 64.6 Å². The van der Waals surface area contributed by atoms with Gasteiger partial charge in [-0.15, -0.1) is 0 Å². The van der Waals surface area contributed by atoms with Crippen LogP contribution in [0.5, 0.6) is 0 Å². The number of nitrogens with one attached hydrogen (secondary N) is 12. The predicted molar refractivity (Wildman–Crippen MR) is 326 cm³/mol. The molecule has 9 aromatic carbocycles. The smallest absolute Gasteiger partial charge is 0.0420 e. The Kier molecular flexibility index (Phi) is 18.6. The van der Waals surface area contributed by atoms with Crippen LogP contribution in [0.15, 0.2) is 146 Å². The van der Waals surface area contributed by atoms with Gasteiger partial charge >= 0.3 is 0 Å². The molecule has 12 heteroatoms. The molecule has 15 rings (SSSR count). The molecular formula is C63H78N12.